The normalized spacial score (nSPS) is 23.1. The van der Waals surface area contributed by atoms with Crippen LogP contribution in [-0.2, 0) is 9.47 Å². The average molecular weight is 695 g/mol. The number of ether oxygens (including phenoxy) is 5. The second-order valence-corrected chi connectivity index (χ2v) is 13.3. The lowest BCUT2D eigenvalue weighted by atomic mass is 10.1. The Morgan fingerprint density at radius 3 is 1.57 bits per heavy atom. The summed E-state index contributed by atoms with van der Waals surface area (Å²) in [6, 6.07) is 25.9. The van der Waals surface area contributed by atoms with Crippen molar-refractivity contribution in [2.45, 2.75) is 24.4 Å². The van der Waals surface area contributed by atoms with Gasteiger partial charge in [0.05, 0.1) is 61.3 Å². The van der Waals surface area contributed by atoms with Crippen LogP contribution in [0.15, 0.2) is 72.8 Å². The molecule has 4 fully saturated rings. The standard InChI is InChI=1S/C24H27N3O4.C15H19N3O2/c1-29-20-8-4-19(5-9-20)24(28)17-27-15-22-13-26(14-23(16-27)31-22)10-11-30-21-6-2-18(12-25)3-7-21;16-7-12-1-3-13(4-2-12)19-6-5-18-10-14-8-17-9-15(11-18)20-14/h2-9,22-23H,10-11,13-17H2,1H3;1-4,14-15,17H,5-6,8-11H2. The molecule has 3 aromatic carbocycles. The summed E-state index contributed by atoms with van der Waals surface area (Å²) in [6.07, 6.45) is 0.840. The van der Waals surface area contributed by atoms with E-state index in [0.29, 0.717) is 48.7 Å². The summed E-state index contributed by atoms with van der Waals surface area (Å²) in [4.78, 5) is 19.6. The van der Waals surface area contributed by atoms with E-state index < -0.39 is 0 Å². The third kappa shape index (κ3) is 10.7. The third-order valence-electron chi connectivity index (χ3n) is 9.38. The van der Waals surface area contributed by atoms with Gasteiger partial charge in [-0.05, 0) is 72.8 Å². The highest BCUT2D eigenvalue weighted by Gasteiger charge is 2.35. The minimum absolute atomic E-state index is 0.103. The fourth-order valence-electron chi connectivity index (χ4n) is 6.90. The zero-order valence-electron chi connectivity index (χ0n) is 29.1. The molecule has 4 unspecified atom stereocenters. The highest BCUT2D eigenvalue weighted by molar-refractivity contribution is 5.97. The average Bonchev–Trinajstić information content (AvgIpc) is 3.15. The highest BCUT2D eigenvalue weighted by atomic mass is 16.5. The topological polar surface area (TPSA) is 133 Å². The van der Waals surface area contributed by atoms with E-state index in [1.165, 1.54) is 0 Å². The molecule has 12 nitrogen and oxygen atoms in total. The fraction of sp³-hybridized carbons (Fsp3) is 0.462. The van der Waals surface area contributed by atoms with Crippen LogP contribution in [0.3, 0.4) is 0 Å². The number of hydrogen-bond acceptors (Lipinski definition) is 12. The van der Waals surface area contributed by atoms with Crippen molar-refractivity contribution in [3.8, 4) is 29.4 Å². The van der Waals surface area contributed by atoms with E-state index in [4.69, 9.17) is 34.2 Å². The van der Waals surface area contributed by atoms with Gasteiger partial charge in [0.25, 0.3) is 0 Å². The molecule has 4 heterocycles. The first kappa shape index (κ1) is 36.3. The molecule has 3 aromatic rings. The fourth-order valence-corrected chi connectivity index (χ4v) is 6.90. The molecule has 1 N–H and O–H groups in total. The van der Waals surface area contributed by atoms with Crippen molar-refractivity contribution in [3.63, 3.8) is 0 Å². The molecular formula is C39H46N6O6. The number of benzene rings is 3. The molecule has 0 aromatic heterocycles. The third-order valence-corrected chi connectivity index (χ3v) is 9.38. The Bertz CT molecular complexity index is 1620. The summed E-state index contributed by atoms with van der Waals surface area (Å²) in [7, 11) is 1.62. The predicted octanol–water partition coefficient (Wildman–Crippen LogP) is 2.82. The van der Waals surface area contributed by atoms with Gasteiger partial charge in [-0.1, -0.05) is 0 Å². The van der Waals surface area contributed by atoms with Crippen LogP contribution in [0.4, 0.5) is 0 Å². The van der Waals surface area contributed by atoms with E-state index in [-0.39, 0.29) is 18.0 Å². The van der Waals surface area contributed by atoms with Gasteiger partial charge in [0.2, 0.25) is 0 Å². The monoisotopic (exact) mass is 694 g/mol. The lowest BCUT2D eigenvalue weighted by molar-refractivity contribution is -0.137. The number of hydrogen-bond donors (Lipinski definition) is 1. The van der Waals surface area contributed by atoms with E-state index in [9.17, 15) is 4.79 Å². The van der Waals surface area contributed by atoms with Gasteiger partial charge in [-0.15, -0.1) is 0 Å². The molecule has 51 heavy (non-hydrogen) atoms. The Morgan fingerprint density at radius 2 is 1.10 bits per heavy atom. The number of nitrogens with one attached hydrogen (secondary N) is 1. The number of Topliss-reactive ketones (excluding diaryl/α,β-unsaturated/α-hetero) is 1. The number of ketones is 1. The van der Waals surface area contributed by atoms with Crippen LogP contribution >= 0.6 is 0 Å². The summed E-state index contributed by atoms with van der Waals surface area (Å²) in [5.41, 5.74) is 1.99. The summed E-state index contributed by atoms with van der Waals surface area (Å²) in [5, 5.41) is 21.0. The van der Waals surface area contributed by atoms with Crippen LogP contribution in [0.2, 0.25) is 0 Å². The van der Waals surface area contributed by atoms with Crippen LogP contribution in [0.1, 0.15) is 21.5 Å². The van der Waals surface area contributed by atoms with Gasteiger partial charge in [0, 0.05) is 71.0 Å². The molecule has 0 spiro atoms. The summed E-state index contributed by atoms with van der Waals surface area (Å²) in [6.45, 7) is 10.4. The van der Waals surface area contributed by atoms with Crippen molar-refractivity contribution in [2.24, 2.45) is 0 Å². The minimum atomic E-state index is 0.103. The SMILES string of the molecule is COc1ccc(C(=O)CN2CC3CN(CCOc4ccc(C#N)cc4)CC(C2)O3)cc1.N#Cc1ccc(OCCN2CC3CNCC(C2)O3)cc1. The van der Waals surface area contributed by atoms with Crippen molar-refractivity contribution < 1.29 is 28.5 Å². The Morgan fingerprint density at radius 1 is 0.667 bits per heavy atom. The number of nitrogens with zero attached hydrogens (tertiary/aromatic N) is 5. The van der Waals surface area contributed by atoms with E-state index >= 15 is 0 Å². The quantitative estimate of drug-likeness (QED) is 0.280. The van der Waals surface area contributed by atoms with Gasteiger partial charge in [0.1, 0.15) is 30.5 Å². The molecule has 4 atom stereocenters. The van der Waals surface area contributed by atoms with Crippen molar-refractivity contribution in [1.82, 2.24) is 20.0 Å². The van der Waals surface area contributed by atoms with Crippen LogP contribution in [-0.4, -0.2) is 137 Å². The predicted molar refractivity (Wildman–Crippen MR) is 190 cm³/mol. The first-order chi connectivity index (χ1) is 25.0. The molecule has 4 saturated heterocycles. The summed E-state index contributed by atoms with van der Waals surface area (Å²) in [5.74, 6) is 2.46. The molecule has 4 bridgehead atoms. The molecule has 268 valence electrons. The van der Waals surface area contributed by atoms with Gasteiger partial charge in [-0.2, -0.15) is 10.5 Å². The molecule has 4 aliphatic rings. The van der Waals surface area contributed by atoms with Crippen molar-refractivity contribution >= 4 is 5.78 Å². The smallest absolute Gasteiger partial charge is 0.176 e. The first-order valence-corrected chi connectivity index (χ1v) is 17.6. The molecule has 0 aliphatic carbocycles. The lowest BCUT2D eigenvalue weighted by Gasteiger charge is -2.45. The van der Waals surface area contributed by atoms with Crippen LogP contribution in [0, 0.1) is 22.7 Å². The number of carbonyl (C=O) groups excluding carboxylic acids is 1. The van der Waals surface area contributed by atoms with E-state index in [1.807, 2.05) is 48.5 Å². The molecular weight excluding hydrogens is 648 g/mol. The van der Waals surface area contributed by atoms with Gasteiger partial charge in [-0.25, -0.2) is 0 Å². The maximum Gasteiger partial charge on any atom is 0.176 e. The van der Waals surface area contributed by atoms with Crippen LogP contribution in [0.5, 0.6) is 17.2 Å². The second-order valence-electron chi connectivity index (χ2n) is 13.3. The Balaban J connectivity index is 0.000000193. The molecule has 0 amide bonds. The van der Waals surface area contributed by atoms with Crippen molar-refractivity contribution in [3.05, 3.63) is 89.5 Å². The molecule has 0 saturated carbocycles. The van der Waals surface area contributed by atoms with E-state index in [1.54, 1.807) is 31.4 Å². The van der Waals surface area contributed by atoms with Crippen molar-refractivity contribution in [1.29, 1.82) is 10.5 Å². The molecule has 7 rings (SSSR count). The zero-order chi connectivity index (χ0) is 35.4. The number of methoxy groups -OCH3 is 1. The number of morpholine rings is 4. The number of carbonyl (C=O) groups is 1. The lowest BCUT2D eigenvalue weighted by Crippen LogP contribution is -2.60. The molecule has 0 radical (unpaired) electrons. The highest BCUT2D eigenvalue weighted by Crippen LogP contribution is 2.21. The zero-order valence-corrected chi connectivity index (χ0v) is 29.1. The van der Waals surface area contributed by atoms with Gasteiger partial charge < -0.3 is 29.0 Å². The second kappa shape index (κ2) is 18.1. The molecule has 12 heteroatoms. The number of rotatable bonds is 12. The Kier molecular flexibility index (Phi) is 12.9. The number of nitriles is 2. The summed E-state index contributed by atoms with van der Waals surface area (Å²) >= 11 is 0. The Labute approximate surface area is 300 Å². The maximum absolute atomic E-state index is 12.6. The Hall–Kier alpha value is -4.53. The van der Waals surface area contributed by atoms with E-state index in [0.717, 1.165) is 82.7 Å². The number of fused-ring (bicyclic) bond motifs is 4. The van der Waals surface area contributed by atoms with Gasteiger partial charge >= 0.3 is 0 Å². The molecule has 4 aliphatic heterocycles. The van der Waals surface area contributed by atoms with Crippen molar-refractivity contribution in [2.75, 3.05) is 92.3 Å². The van der Waals surface area contributed by atoms with Crippen LogP contribution in [0.25, 0.3) is 0 Å². The largest absolute Gasteiger partial charge is 0.497 e. The van der Waals surface area contributed by atoms with E-state index in [2.05, 4.69) is 32.2 Å². The summed E-state index contributed by atoms with van der Waals surface area (Å²) < 4.78 is 28.7. The first-order valence-electron chi connectivity index (χ1n) is 17.6. The van der Waals surface area contributed by atoms with Gasteiger partial charge in [-0.3, -0.25) is 19.5 Å². The maximum atomic E-state index is 12.6. The van der Waals surface area contributed by atoms with Gasteiger partial charge in [0.15, 0.2) is 5.78 Å². The minimum Gasteiger partial charge on any atom is -0.497 e. The van der Waals surface area contributed by atoms with Crippen LogP contribution < -0.4 is 19.5 Å².